The largest absolute Gasteiger partial charge is 0.605 e. The average Bonchev–Trinajstić information content (AvgIpc) is 1.65. The molecule has 1 unspecified atom stereocenters. The predicted octanol–water partition coefficient (Wildman–Crippen LogP) is 1.03. The van der Waals surface area contributed by atoms with Gasteiger partial charge in [0.1, 0.15) is 5.75 Å². The monoisotopic (exact) mass is 124 g/mol. The van der Waals surface area contributed by atoms with E-state index in [9.17, 15) is 4.55 Å². The van der Waals surface area contributed by atoms with E-state index < -0.39 is 10.2 Å². The first-order chi connectivity index (χ1) is 2.81. The molecule has 0 aliphatic carbocycles. The van der Waals surface area contributed by atoms with Crippen molar-refractivity contribution in [2.24, 2.45) is 0 Å². The molecule has 0 bridgehead atoms. The van der Waals surface area contributed by atoms with Crippen LogP contribution in [0.1, 0.15) is 6.92 Å². The zero-order valence-electron chi connectivity index (χ0n) is 3.93. The van der Waals surface area contributed by atoms with E-state index in [-0.39, 0.29) is 0 Å². The molecule has 0 N–H and O–H groups in total. The van der Waals surface area contributed by atoms with E-state index in [0.717, 1.165) is 5.75 Å². The molecule has 0 aromatic rings. The van der Waals surface area contributed by atoms with Crippen LogP contribution in [0.5, 0.6) is 0 Å². The standard InChI is InChI=1S/C3H8OS2/c1-3-6(4)5-2/h3H2,1-2H3. The third kappa shape index (κ3) is 2.87. The predicted molar refractivity (Wildman–Crippen MR) is 32.2 cm³/mol. The second-order valence-electron chi connectivity index (χ2n) is 0.759. The van der Waals surface area contributed by atoms with Crippen molar-refractivity contribution >= 4 is 21.0 Å². The van der Waals surface area contributed by atoms with Crippen molar-refractivity contribution in [1.82, 2.24) is 0 Å². The molecule has 1 nitrogen and oxygen atoms in total. The van der Waals surface area contributed by atoms with E-state index in [0.29, 0.717) is 0 Å². The van der Waals surface area contributed by atoms with Crippen molar-refractivity contribution in [2.75, 3.05) is 12.0 Å². The number of hydrogen-bond acceptors (Lipinski definition) is 2. The maximum atomic E-state index is 10.3. The van der Waals surface area contributed by atoms with Gasteiger partial charge in [-0.2, -0.15) is 0 Å². The highest BCUT2D eigenvalue weighted by Gasteiger charge is 1.94. The smallest absolute Gasteiger partial charge is 0.115 e. The lowest BCUT2D eigenvalue weighted by molar-refractivity contribution is 0.610. The summed E-state index contributed by atoms with van der Waals surface area (Å²) in [4.78, 5) is 0. The normalized spacial score (nSPS) is 14.5. The van der Waals surface area contributed by atoms with Crippen LogP contribution in [0.25, 0.3) is 0 Å². The van der Waals surface area contributed by atoms with E-state index in [4.69, 9.17) is 0 Å². The molecule has 38 valence electrons. The van der Waals surface area contributed by atoms with Crippen molar-refractivity contribution in [3.05, 3.63) is 0 Å². The molecule has 0 aromatic carbocycles. The second-order valence-corrected chi connectivity index (χ2v) is 4.39. The van der Waals surface area contributed by atoms with Gasteiger partial charge in [-0.15, -0.1) is 0 Å². The highest BCUT2D eigenvalue weighted by Crippen LogP contribution is 2.05. The summed E-state index contributed by atoms with van der Waals surface area (Å²) in [5, 5.41) is 0. The van der Waals surface area contributed by atoms with E-state index in [1.807, 2.05) is 13.2 Å². The summed E-state index contributed by atoms with van der Waals surface area (Å²) < 4.78 is 10.3. The molecule has 0 amide bonds. The molecule has 0 aromatic heterocycles. The van der Waals surface area contributed by atoms with Gasteiger partial charge in [0.05, 0.1) is 10.8 Å². The Labute approximate surface area is 45.1 Å². The second kappa shape index (κ2) is 3.84. The van der Waals surface area contributed by atoms with Crippen LogP contribution in [0.2, 0.25) is 0 Å². The molecule has 0 radical (unpaired) electrons. The summed E-state index contributed by atoms with van der Waals surface area (Å²) in [6, 6.07) is 0. The molecule has 3 heteroatoms. The van der Waals surface area contributed by atoms with Gasteiger partial charge in [0.2, 0.25) is 0 Å². The molecule has 0 heterocycles. The van der Waals surface area contributed by atoms with Crippen LogP contribution < -0.4 is 0 Å². The Hall–Kier alpha value is 0.660. The summed E-state index contributed by atoms with van der Waals surface area (Å²) in [6.07, 6.45) is 1.85. The van der Waals surface area contributed by atoms with Crippen LogP contribution in [0.15, 0.2) is 0 Å². The summed E-state index contributed by atoms with van der Waals surface area (Å²) in [5.41, 5.74) is 0. The van der Waals surface area contributed by atoms with Gasteiger partial charge in [0.25, 0.3) is 0 Å². The summed E-state index contributed by atoms with van der Waals surface area (Å²) in [7, 11) is 0.780. The van der Waals surface area contributed by atoms with Gasteiger partial charge in [0, 0.05) is 16.5 Å². The lowest BCUT2D eigenvalue weighted by atomic mass is 11.0. The van der Waals surface area contributed by atoms with E-state index >= 15 is 0 Å². The molecule has 0 rings (SSSR count). The molecule has 0 saturated carbocycles. The molecule has 0 aliphatic rings. The molecule has 6 heavy (non-hydrogen) atoms. The summed E-state index contributed by atoms with van der Waals surface area (Å²) in [6.45, 7) is 1.91. The van der Waals surface area contributed by atoms with Gasteiger partial charge in [-0.25, -0.2) is 0 Å². The van der Waals surface area contributed by atoms with Gasteiger partial charge in [-0.1, -0.05) is 0 Å². The third-order valence-electron chi connectivity index (χ3n) is 0.422. The average molecular weight is 124 g/mol. The minimum atomic E-state index is -0.617. The lowest BCUT2D eigenvalue weighted by Gasteiger charge is -1.98. The van der Waals surface area contributed by atoms with E-state index in [1.54, 1.807) is 0 Å². The Morgan fingerprint density at radius 3 is 2.33 bits per heavy atom. The fourth-order valence-electron chi connectivity index (χ4n) is 0.118. The molecular weight excluding hydrogens is 116 g/mol. The minimum absolute atomic E-state index is 0.617. The summed E-state index contributed by atoms with van der Waals surface area (Å²) in [5.74, 6) is 0.765. The third-order valence-corrected chi connectivity index (χ3v) is 3.09. The molecule has 0 saturated heterocycles. The van der Waals surface area contributed by atoms with Crippen molar-refractivity contribution in [1.29, 1.82) is 0 Å². The van der Waals surface area contributed by atoms with Crippen LogP contribution >= 0.6 is 10.8 Å². The van der Waals surface area contributed by atoms with Crippen molar-refractivity contribution < 1.29 is 4.55 Å². The van der Waals surface area contributed by atoms with Gasteiger partial charge in [0.15, 0.2) is 0 Å². The highest BCUT2D eigenvalue weighted by atomic mass is 33.1. The zero-order valence-corrected chi connectivity index (χ0v) is 5.56. The Balaban J connectivity index is 2.75. The van der Waals surface area contributed by atoms with Crippen molar-refractivity contribution in [3.8, 4) is 0 Å². The Morgan fingerprint density at radius 1 is 1.83 bits per heavy atom. The van der Waals surface area contributed by atoms with Crippen LogP contribution in [0, 0.1) is 0 Å². The molecular formula is C3H8OS2. The van der Waals surface area contributed by atoms with E-state index in [1.165, 1.54) is 10.8 Å². The fraction of sp³-hybridized carbons (Fsp3) is 1.00. The Bertz CT molecular complexity index is 28.0. The van der Waals surface area contributed by atoms with Gasteiger partial charge in [-0.05, 0) is 6.92 Å². The minimum Gasteiger partial charge on any atom is -0.605 e. The molecule has 0 aliphatic heterocycles. The molecule has 0 spiro atoms. The maximum absolute atomic E-state index is 10.3. The number of hydrogen-bond donors (Lipinski definition) is 0. The SMILES string of the molecule is CC[S+]([O-])SC. The first-order valence-corrected chi connectivity index (χ1v) is 4.80. The topological polar surface area (TPSA) is 23.1 Å². The first-order valence-electron chi connectivity index (χ1n) is 1.74. The maximum Gasteiger partial charge on any atom is 0.115 e. The quantitative estimate of drug-likeness (QED) is 0.405. The zero-order chi connectivity index (χ0) is 4.99. The van der Waals surface area contributed by atoms with Crippen molar-refractivity contribution in [2.45, 2.75) is 6.92 Å². The molecule has 1 atom stereocenters. The number of rotatable bonds is 2. The fourth-order valence-corrected chi connectivity index (χ4v) is 1.06. The van der Waals surface area contributed by atoms with Gasteiger partial charge in [-0.3, -0.25) is 0 Å². The highest BCUT2D eigenvalue weighted by molar-refractivity contribution is 8.71. The van der Waals surface area contributed by atoms with E-state index in [2.05, 4.69) is 0 Å². The van der Waals surface area contributed by atoms with Gasteiger partial charge < -0.3 is 4.55 Å². The van der Waals surface area contributed by atoms with Crippen molar-refractivity contribution in [3.63, 3.8) is 0 Å². The first kappa shape index (κ1) is 6.66. The van der Waals surface area contributed by atoms with Crippen LogP contribution in [0.4, 0.5) is 0 Å². The van der Waals surface area contributed by atoms with Gasteiger partial charge >= 0.3 is 0 Å². The lowest BCUT2D eigenvalue weighted by Crippen LogP contribution is -1.93. The van der Waals surface area contributed by atoms with Crippen LogP contribution in [-0.4, -0.2) is 16.6 Å². The van der Waals surface area contributed by atoms with Crippen LogP contribution in [0.3, 0.4) is 0 Å². The molecule has 0 fully saturated rings. The Kier molecular flexibility index (Phi) is 4.26. The Morgan fingerprint density at radius 2 is 2.33 bits per heavy atom. The van der Waals surface area contributed by atoms with Crippen LogP contribution in [-0.2, 0) is 10.2 Å². The summed E-state index contributed by atoms with van der Waals surface area (Å²) >= 11 is 0.